The van der Waals surface area contributed by atoms with Gasteiger partial charge in [-0.2, -0.15) is 4.98 Å². The molecule has 0 radical (unpaired) electrons. The van der Waals surface area contributed by atoms with Crippen molar-refractivity contribution >= 4 is 28.5 Å². The summed E-state index contributed by atoms with van der Waals surface area (Å²) in [4.78, 5) is 10.1. The quantitative estimate of drug-likeness (QED) is 0.761. The predicted octanol–water partition coefficient (Wildman–Crippen LogP) is 1.16. The summed E-state index contributed by atoms with van der Waals surface area (Å²) in [5.74, 6) is 1.28. The third-order valence-corrected chi connectivity index (χ3v) is 2.03. The Kier molecular flexibility index (Phi) is 3.07. The monoisotopic (exact) mass is 279 g/mol. The van der Waals surface area contributed by atoms with Crippen molar-refractivity contribution < 1.29 is 4.74 Å². The normalized spacial score (nSPS) is 9.67. The molecule has 1 aromatic heterocycles. The summed E-state index contributed by atoms with van der Waals surface area (Å²) in [5.41, 5.74) is 0. The van der Waals surface area contributed by atoms with E-state index in [-0.39, 0.29) is 0 Å². The summed E-state index contributed by atoms with van der Waals surface area (Å²) >= 11 is 2.13. The Labute approximate surface area is 85.1 Å². The molecule has 0 N–H and O–H groups in total. The number of anilines is 1. The first-order valence-electron chi connectivity index (χ1n) is 3.39. The van der Waals surface area contributed by atoms with E-state index in [4.69, 9.17) is 4.74 Å². The molecule has 66 valence electrons. The smallest absolute Gasteiger partial charge is 0.231 e. The van der Waals surface area contributed by atoms with Crippen LogP contribution in [0.1, 0.15) is 0 Å². The second-order valence-electron chi connectivity index (χ2n) is 2.42. The van der Waals surface area contributed by atoms with Gasteiger partial charge in [-0.05, 0) is 22.6 Å². The highest BCUT2D eigenvalue weighted by Crippen LogP contribution is 2.18. The van der Waals surface area contributed by atoms with Gasteiger partial charge in [0, 0.05) is 20.3 Å². The van der Waals surface area contributed by atoms with Gasteiger partial charge in [0.05, 0.1) is 10.7 Å². The summed E-state index contributed by atoms with van der Waals surface area (Å²) < 4.78 is 5.97. The lowest BCUT2D eigenvalue weighted by Crippen LogP contribution is -2.13. The number of hydrogen-bond acceptors (Lipinski definition) is 4. The molecule has 0 fully saturated rings. The van der Waals surface area contributed by atoms with Crippen molar-refractivity contribution in [2.75, 3.05) is 26.1 Å². The zero-order valence-corrected chi connectivity index (χ0v) is 9.36. The van der Waals surface area contributed by atoms with Crippen LogP contribution in [0.5, 0.6) is 5.88 Å². The van der Waals surface area contributed by atoms with Crippen LogP contribution in [0.3, 0.4) is 0 Å². The molecule has 0 saturated heterocycles. The van der Waals surface area contributed by atoms with E-state index in [0.717, 1.165) is 3.57 Å². The second-order valence-corrected chi connectivity index (χ2v) is 3.58. The SMILES string of the molecule is COc1nc(N(C)C)ncc1I. The van der Waals surface area contributed by atoms with Gasteiger partial charge in [0.2, 0.25) is 11.8 Å². The molecule has 0 saturated carbocycles. The van der Waals surface area contributed by atoms with Crippen LogP contribution in [0.4, 0.5) is 5.95 Å². The molecule has 5 heteroatoms. The highest BCUT2D eigenvalue weighted by molar-refractivity contribution is 14.1. The molecule has 1 aromatic rings. The highest BCUT2D eigenvalue weighted by atomic mass is 127. The number of aromatic nitrogens is 2. The van der Waals surface area contributed by atoms with E-state index in [1.165, 1.54) is 0 Å². The topological polar surface area (TPSA) is 38.2 Å². The van der Waals surface area contributed by atoms with Gasteiger partial charge in [0.15, 0.2) is 0 Å². The van der Waals surface area contributed by atoms with E-state index in [2.05, 4.69) is 32.6 Å². The fraction of sp³-hybridized carbons (Fsp3) is 0.429. The van der Waals surface area contributed by atoms with Crippen molar-refractivity contribution in [1.82, 2.24) is 9.97 Å². The first-order valence-corrected chi connectivity index (χ1v) is 4.47. The first kappa shape index (κ1) is 9.50. The van der Waals surface area contributed by atoms with Crippen molar-refractivity contribution in [3.63, 3.8) is 0 Å². The Morgan fingerprint density at radius 2 is 2.17 bits per heavy atom. The second kappa shape index (κ2) is 3.88. The number of nitrogens with zero attached hydrogens (tertiary/aromatic N) is 3. The van der Waals surface area contributed by atoms with Gasteiger partial charge in [-0.3, -0.25) is 0 Å². The molecule has 0 amide bonds. The highest BCUT2D eigenvalue weighted by Gasteiger charge is 2.05. The minimum atomic E-state index is 0.620. The fourth-order valence-electron chi connectivity index (χ4n) is 0.701. The van der Waals surface area contributed by atoms with E-state index in [0.29, 0.717) is 11.8 Å². The number of rotatable bonds is 2. The van der Waals surface area contributed by atoms with E-state index >= 15 is 0 Å². The molecule has 0 unspecified atom stereocenters. The van der Waals surface area contributed by atoms with Crippen LogP contribution in [-0.4, -0.2) is 31.2 Å². The van der Waals surface area contributed by atoms with E-state index < -0.39 is 0 Å². The summed E-state index contributed by atoms with van der Waals surface area (Å²) in [7, 11) is 5.38. The third kappa shape index (κ3) is 1.96. The maximum absolute atomic E-state index is 5.05. The third-order valence-electron chi connectivity index (χ3n) is 1.29. The lowest BCUT2D eigenvalue weighted by molar-refractivity contribution is 0.393. The molecular formula is C7H10IN3O. The molecule has 0 aliphatic rings. The van der Waals surface area contributed by atoms with Gasteiger partial charge in [-0.25, -0.2) is 4.98 Å². The zero-order chi connectivity index (χ0) is 9.14. The van der Waals surface area contributed by atoms with Gasteiger partial charge < -0.3 is 9.64 Å². The summed E-state index contributed by atoms with van der Waals surface area (Å²) in [6.45, 7) is 0. The van der Waals surface area contributed by atoms with Crippen LogP contribution in [0, 0.1) is 3.57 Å². The summed E-state index contributed by atoms with van der Waals surface area (Å²) in [6, 6.07) is 0. The molecule has 4 nitrogen and oxygen atoms in total. The summed E-state index contributed by atoms with van der Waals surface area (Å²) in [5, 5.41) is 0. The number of methoxy groups -OCH3 is 1. The van der Waals surface area contributed by atoms with Crippen LogP contribution >= 0.6 is 22.6 Å². The van der Waals surface area contributed by atoms with Crippen LogP contribution in [0.15, 0.2) is 6.20 Å². The Hall–Kier alpha value is -0.590. The van der Waals surface area contributed by atoms with Gasteiger partial charge in [-0.15, -0.1) is 0 Å². The van der Waals surface area contributed by atoms with Crippen molar-refractivity contribution in [1.29, 1.82) is 0 Å². The fourth-order valence-corrected chi connectivity index (χ4v) is 1.18. The number of halogens is 1. The molecule has 1 heterocycles. The Morgan fingerprint density at radius 3 is 2.67 bits per heavy atom. The van der Waals surface area contributed by atoms with Crippen molar-refractivity contribution in [2.24, 2.45) is 0 Å². The van der Waals surface area contributed by atoms with Gasteiger partial charge in [-0.1, -0.05) is 0 Å². The van der Waals surface area contributed by atoms with Crippen molar-refractivity contribution in [3.8, 4) is 5.88 Å². The summed E-state index contributed by atoms with van der Waals surface area (Å²) in [6.07, 6.45) is 1.74. The molecule has 12 heavy (non-hydrogen) atoms. The van der Waals surface area contributed by atoms with Crippen LogP contribution < -0.4 is 9.64 Å². The molecule has 1 rings (SSSR count). The standard InChI is InChI=1S/C7H10IN3O/c1-11(2)7-9-4-5(8)6(10-7)12-3/h4H,1-3H3. The Balaban J connectivity index is 3.05. The number of hydrogen-bond donors (Lipinski definition) is 0. The Morgan fingerprint density at radius 1 is 1.50 bits per heavy atom. The average molecular weight is 279 g/mol. The van der Waals surface area contributed by atoms with Crippen LogP contribution in [0.25, 0.3) is 0 Å². The molecule has 0 atom stereocenters. The minimum absolute atomic E-state index is 0.620. The number of ether oxygens (including phenoxy) is 1. The maximum atomic E-state index is 5.05. The zero-order valence-electron chi connectivity index (χ0n) is 7.21. The van der Waals surface area contributed by atoms with Crippen molar-refractivity contribution in [2.45, 2.75) is 0 Å². The van der Waals surface area contributed by atoms with Gasteiger partial charge >= 0.3 is 0 Å². The lowest BCUT2D eigenvalue weighted by atomic mass is 10.6. The molecule has 0 bridgehead atoms. The molecule has 0 spiro atoms. The van der Waals surface area contributed by atoms with Crippen LogP contribution in [0.2, 0.25) is 0 Å². The molecular weight excluding hydrogens is 269 g/mol. The van der Waals surface area contributed by atoms with Crippen molar-refractivity contribution in [3.05, 3.63) is 9.77 Å². The minimum Gasteiger partial charge on any atom is -0.480 e. The van der Waals surface area contributed by atoms with Crippen LogP contribution in [-0.2, 0) is 0 Å². The average Bonchev–Trinajstić information content (AvgIpc) is 2.05. The Bertz CT molecular complexity index is 277. The maximum Gasteiger partial charge on any atom is 0.231 e. The first-order chi connectivity index (χ1) is 5.65. The molecule has 0 aliphatic heterocycles. The lowest BCUT2D eigenvalue weighted by Gasteiger charge is -2.10. The largest absolute Gasteiger partial charge is 0.480 e. The van der Waals surface area contributed by atoms with E-state index in [9.17, 15) is 0 Å². The van der Waals surface area contributed by atoms with E-state index in [1.807, 2.05) is 19.0 Å². The molecule has 0 aromatic carbocycles. The molecule has 0 aliphatic carbocycles. The van der Waals surface area contributed by atoms with Gasteiger partial charge in [0.25, 0.3) is 0 Å². The van der Waals surface area contributed by atoms with Gasteiger partial charge in [0.1, 0.15) is 0 Å². The van der Waals surface area contributed by atoms with E-state index in [1.54, 1.807) is 13.3 Å². The predicted molar refractivity (Wildman–Crippen MR) is 55.6 cm³/mol.